The molecule has 1 aromatic rings. The Labute approximate surface area is 121 Å². The van der Waals surface area contributed by atoms with Crippen molar-refractivity contribution in [1.82, 2.24) is 5.32 Å². The second-order valence-corrected chi connectivity index (χ2v) is 5.78. The summed E-state index contributed by atoms with van der Waals surface area (Å²) < 4.78 is 18.7. The molecule has 20 heavy (non-hydrogen) atoms. The first-order valence-corrected chi connectivity index (χ1v) is 7.83. The lowest BCUT2D eigenvalue weighted by Gasteiger charge is -2.27. The maximum absolute atomic E-state index is 13.3. The number of rotatable bonds is 7. The average Bonchev–Trinajstić information content (AvgIpc) is 2.46. The number of hydrogen-bond acceptors (Lipinski definition) is 2. The van der Waals surface area contributed by atoms with E-state index >= 15 is 0 Å². The number of ether oxygens (including phenoxy) is 1. The minimum absolute atomic E-state index is 0.136. The SMILES string of the molecule is CCCNC(Cc1cccc(F)c1)CC1CCOCC1. The van der Waals surface area contributed by atoms with Crippen LogP contribution in [0.1, 0.15) is 38.2 Å². The van der Waals surface area contributed by atoms with E-state index in [2.05, 4.69) is 12.2 Å². The zero-order chi connectivity index (χ0) is 14.2. The van der Waals surface area contributed by atoms with Gasteiger partial charge < -0.3 is 10.1 Å². The van der Waals surface area contributed by atoms with Gasteiger partial charge in [0.2, 0.25) is 0 Å². The molecule has 0 aliphatic carbocycles. The van der Waals surface area contributed by atoms with Gasteiger partial charge >= 0.3 is 0 Å². The van der Waals surface area contributed by atoms with Gasteiger partial charge in [-0.2, -0.15) is 0 Å². The van der Waals surface area contributed by atoms with Crippen LogP contribution in [-0.4, -0.2) is 25.8 Å². The molecule has 112 valence electrons. The van der Waals surface area contributed by atoms with Crippen molar-refractivity contribution < 1.29 is 9.13 Å². The molecule has 1 fully saturated rings. The molecule has 1 atom stereocenters. The maximum Gasteiger partial charge on any atom is 0.123 e. The highest BCUT2D eigenvalue weighted by atomic mass is 19.1. The van der Waals surface area contributed by atoms with Gasteiger partial charge in [-0.1, -0.05) is 19.1 Å². The Morgan fingerprint density at radius 1 is 1.35 bits per heavy atom. The molecule has 1 N–H and O–H groups in total. The Morgan fingerprint density at radius 3 is 2.85 bits per heavy atom. The van der Waals surface area contributed by atoms with Crippen molar-refractivity contribution >= 4 is 0 Å². The molecule has 1 saturated heterocycles. The van der Waals surface area contributed by atoms with E-state index in [-0.39, 0.29) is 5.82 Å². The molecule has 2 nitrogen and oxygen atoms in total. The smallest absolute Gasteiger partial charge is 0.123 e. The van der Waals surface area contributed by atoms with Gasteiger partial charge in [-0.15, -0.1) is 0 Å². The van der Waals surface area contributed by atoms with Gasteiger partial charge in [-0.25, -0.2) is 4.39 Å². The largest absolute Gasteiger partial charge is 0.381 e. The second kappa shape index (κ2) is 8.38. The summed E-state index contributed by atoms with van der Waals surface area (Å²) in [5.41, 5.74) is 1.09. The van der Waals surface area contributed by atoms with E-state index in [0.29, 0.717) is 6.04 Å². The third-order valence-electron chi connectivity index (χ3n) is 4.01. The van der Waals surface area contributed by atoms with Crippen molar-refractivity contribution in [3.05, 3.63) is 35.6 Å². The second-order valence-electron chi connectivity index (χ2n) is 5.78. The molecule has 1 aliphatic heterocycles. The van der Waals surface area contributed by atoms with Crippen molar-refractivity contribution in [1.29, 1.82) is 0 Å². The average molecular weight is 279 g/mol. The van der Waals surface area contributed by atoms with E-state index in [4.69, 9.17) is 4.74 Å². The van der Waals surface area contributed by atoms with Gasteiger partial charge in [0.05, 0.1) is 0 Å². The van der Waals surface area contributed by atoms with Gasteiger partial charge in [-0.3, -0.25) is 0 Å². The summed E-state index contributed by atoms with van der Waals surface area (Å²) in [6, 6.07) is 7.44. The van der Waals surface area contributed by atoms with Crippen molar-refractivity contribution in [2.45, 2.75) is 45.1 Å². The van der Waals surface area contributed by atoms with Gasteiger partial charge in [0.15, 0.2) is 0 Å². The molecule has 1 aliphatic rings. The fourth-order valence-electron chi connectivity index (χ4n) is 2.92. The summed E-state index contributed by atoms with van der Waals surface area (Å²) in [7, 11) is 0. The predicted octanol–water partition coefficient (Wildman–Crippen LogP) is 3.55. The lowest BCUT2D eigenvalue weighted by Crippen LogP contribution is -2.35. The summed E-state index contributed by atoms with van der Waals surface area (Å²) in [6.07, 6.45) is 5.53. The molecule has 2 rings (SSSR count). The van der Waals surface area contributed by atoms with Gasteiger partial charge in [0.1, 0.15) is 5.82 Å². The molecule has 0 radical (unpaired) electrons. The van der Waals surface area contributed by atoms with Crippen LogP contribution in [0.3, 0.4) is 0 Å². The van der Waals surface area contributed by atoms with Crippen LogP contribution in [0.2, 0.25) is 0 Å². The summed E-state index contributed by atoms with van der Waals surface area (Å²) in [5, 5.41) is 3.62. The first-order chi connectivity index (χ1) is 9.78. The van der Waals surface area contributed by atoms with Gasteiger partial charge in [-0.05, 0) is 62.3 Å². The minimum atomic E-state index is -0.136. The number of halogens is 1. The van der Waals surface area contributed by atoms with Crippen molar-refractivity contribution in [2.75, 3.05) is 19.8 Å². The molecule has 0 bridgehead atoms. The predicted molar refractivity (Wildman–Crippen MR) is 80.3 cm³/mol. The Balaban J connectivity index is 1.91. The van der Waals surface area contributed by atoms with Crippen LogP contribution in [0, 0.1) is 11.7 Å². The summed E-state index contributed by atoms with van der Waals surface area (Å²) in [5.74, 6) is 0.606. The Morgan fingerprint density at radius 2 is 2.15 bits per heavy atom. The Hall–Kier alpha value is -0.930. The minimum Gasteiger partial charge on any atom is -0.381 e. The zero-order valence-corrected chi connectivity index (χ0v) is 12.4. The Kier molecular flexibility index (Phi) is 6.48. The molecular formula is C17H26FNO. The van der Waals surface area contributed by atoms with Crippen molar-refractivity contribution in [2.24, 2.45) is 5.92 Å². The molecule has 1 unspecified atom stereocenters. The first kappa shape index (κ1) is 15.5. The highest BCUT2D eigenvalue weighted by Gasteiger charge is 2.19. The van der Waals surface area contributed by atoms with Crippen LogP contribution in [-0.2, 0) is 11.2 Å². The van der Waals surface area contributed by atoms with E-state index in [1.807, 2.05) is 6.07 Å². The molecule has 0 amide bonds. The maximum atomic E-state index is 13.3. The van der Waals surface area contributed by atoms with Crippen molar-refractivity contribution in [3.63, 3.8) is 0 Å². The normalized spacial score (nSPS) is 18.1. The highest BCUT2D eigenvalue weighted by molar-refractivity contribution is 5.17. The topological polar surface area (TPSA) is 21.3 Å². The van der Waals surface area contributed by atoms with E-state index in [1.165, 1.54) is 12.5 Å². The standard InChI is InChI=1S/C17H26FNO/c1-2-8-19-17(12-14-6-9-20-10-7-14)13-15-4-3-5-16(18)11-15/h3-5,11,14,17,19H,2,6-10,12-13H2,1H3. The first-order valence-electron chi connectivity index (χ1n) is 7.83. The molecule has 3 heteroatoms. The van der Waals surface area contributed by atoms with Crippen LogP contribution < -0.4 is 5.32 Å². The van der Waals surface area contributed by atoms with Crippen molar-refractivity contribution in [3.8, 4) is 0 Å². The molecule has 0 spiro atoms. The molecule has 1 heterocycles. The molecule has 1 aromatic carbocycles. The van der Waals surface area contributed by atoms with Crippen LogP contribution in [0.15, 0.2) is 24.3 Å². The summed E-state index contributed by atoms with van der Waals surface area (Å²) >= 11 is 0. The zero-order valence-electron chi connectivity index (χ0n) is 12.4. The summed E-state index contributed by atoms with van der Waals surface area (Å²) in [4.78, 5) is 0. The van der Waals surface area contributed by atoms with Crippen LogP contribution in [0.25, 0.3) is 0 Å². The quantitative estimate of drug-likeness (QED) is 0.824. The monoisotopic (exact) mass is 279 g/mol. The molecule has 0 saturated carbocycles. The van der Waals surface area contributed by atoms with E-state index in [9.17, 15) is 4.39 Å². The van der Waals surface area contributed by atoms with Crippen LogP contribution >= 0.6 is 0 Å². The number of benzene rings is 1. The van der Waals surface area contributed by atoms with E-state index < -0.39 is 0 Å². The third kappa shape index (κ3) is 5.22. The van der Waals surface area contributed by atoms with E-state index in [0.717, 1.165) is 56.9 Å². The van der Waals surface area contributed by atoms with Gasteiger partial charge in [0.25, 0.3) is 0 Å². The van der Waals surface area contributed by atoms with Crippen LogP contribution in [0.5, 0.6) is 0 Å². The van der Waals surface area contributed by atoms with E-state index in [1.54, 1.807) is 12.1 Å². The number of nitrogens with one attached hydrogen (secondary N) is 1. The Bertz CT molecular complexity index is 390. The van der Waals surface area contributed by atoms with Gasteiger partial charge in [0, 0.05) is 19.3 Å². The molecular weight excluding hydrogens is 253 g/mol. The highest BCUT2D eigenvalue weighted by Crippen LogP contribution is 2.22. The van der Waals surface area contributed by atoms with Crippen LogP contribution in [0.4, 0.5) is 4.39 Å². The lowest BCUT2D eigenvalue weighted by atomic mass is 9.89. The third-order valence-corrected chi connectivity index (χ3v) is 4.01. The summed E-state index contributed by atoms with van der Waals surface area (Å²) in [6.45, 7) is 5.00. The fraction of sp³-hybridized carbons (Fsp3) is 0.647. The lowest BCUT2D eigenvalue weighted by molar-refractivity contribution is 0.0605. The molecule has 0 aromatic heterocycles. The fourth-order valence-corrected chi connectivity index (χ4v) is 2.92. The number of hydrogen-bond donors (Lipinski definition) is 1.